The quantitative estimate of drug-likeness (QED) is 0.774. The maximum absolute atomic E-state index is 4.15. The Labute approximate surface area is 85.7 Å². The second kappa shape index (κ2) is 4.45. The summed E-state index contributed by atoms with van der Waals surface area (Å²) in [5, 5.41) is 3.23. The summed E-state index contributed by atoms with van der Waals surface area (Å²) in [6, 6.07) is 2.17. The van der Waals surface area contributed by atoms with Crippen molar-refractivity contribution in [3.63, 3.8) is 0 Å². The number of aromatic nitrogens is 1. The lowest BCUT2D eigenvalue weighted by molar-refractivity contribution is 0.444. The summed E-state index contributed by atoms with van der Waals surface area (Å²) in [6.07, 6.45) is 10.7. The molecule has 0 aliphatic heterocycles. The van der Waals surface area contributed by atoms with E-state index in [9.17, 15) is 0 Å². The van der Waals surface area contributed by atoms with Crippen molar-refractivity contribution in [3.05, 3.63) is 24.0 Å². The largest absolute Gasteiger partial charge is 0.387 e. The Morgan fingerprint density at radius 1 is 1.29 bits per heavy atom. The summed E-state index contributed by atoms with van der Waals surface area (Å²) in [7, 11) is 1.98. The zero-order chi connectivity index (χ0) is 9.80. The van der Waals surface area contributed by atoms with Crippen LogP contribution in [0.1, 0.15) is 43.6 Å². The van der Waals surface area contributed by atoms with Gasteiger partial charge in [-0.1, -0.05) is 19.3 Å². The van der Waals surface area contributed by atoms with Gasteiger partial charge in [-0.05, 0) is 30.4 Å². The highest BCUT2D eigenvalue weighted by Crippen LogP contribution is 2.35. The fourth-order valence-corrected chi connectivity index (χ4v) is 2.38. The molecule has 1 N–H and O–H groups in total. The molecule has 0 amide bonds. The second-order valence-corrected chi connectivity index (χ2v) is 4.05. The molecule has 0 radical (unpaired) electrons. The van der Waals surface area contributed by atoms with E-state index in [1.54, 1.807) is 0 Å². The zero-order valence-electron chi connectivity index (χ0n) is 8.79. The molecule has 1 heterocycles. The van der Waals surface area contributed by atoms with E-state index in [4.69, 9.17) is 0 Å². The van der Waals surface area contributed by atoms with E-state index in [1.807, 2.05) is 19.4 Å². The van der Waals surface area contributed by atoms with E-state index in [0.717, 1.165) is 5.92 Å². The summed E-state index contributed by atoms with van der Waals surface area (Å²) < 4.78 is 0. The molecule has 76 valence electrons. The molecule has 1 saturated carbocycles. The molecule has 0 saturated heterocycles. The van der Waals surface area contributed by atoms with Gasteiger partial charge in [-0.2, -0.15) is 0 Å². The molecule has 1 aromatic heterocycles. The van der Waals surface area contributed by atoms with Crippen LogP contribution in [0, 0.1) is 0 Å². The van der Waals surface area contributed by atoms with Crippen LogP contribution < -0.4 is 5.32 Å². The van der Waals surface area contributed by atoms with Crippen molar-refractivity contribution in [2.24, 2.45) is 0 Å². The Bertz CT molecular complexity index is 290. The predicted octanol–water partition coefficient (Wildman–Crippen LogP) is 3.17. The van der Waals surface area contributed by atoms with E-state index >= 15 is 0 Å². The standard InChI is InChI=1S/C12H18N2/c1-13-12-9-14-8-7-11(12)10-5-3-2-4-6-10/h7-10,13H,2-6H2,1H3. The molecule has 2 rings (SSSR count). The van der Waals surface area contributed by atoms with Gasteiger partial charge in [0.1, 0.15) is 0 Å². The molecule has 0 atom stereocenters. The first kappa shape index (κ1) is 9.50. The third-order valence-electron chi connectivity index (χ3n) is 3.17. The summed E-state index contributed by atoms with van der Waals surface area (Å²) in [5.74, 6) is 0.759. The molecule has 2 nitrogen and oxygen atoms in total. The first-order chi connectivity index (χ1) is 6.92. The lowest BCUT2D eigenvalue weighted by Gasteiger charge is -2.23. The van der Waals surface area contributed by atoms with Gasteiger partial charge in [-0.15, -0.1) is 0 Å². The highest BCUT2D eigenvalue weighted by atomic mass is 14.8. The highest BCUT2D eigenvalue weighted by Gasteiger charge is 2.17. The lowest BCUT2D eigenvalue weighted by atomic mass is 9.84. The van der Waals surface area contributed by atoms with Crippen LogP contribution in [0.3, 0.4) is 0 Å². The van der Waals surface area contributed by atoms with Gasteiger partial charge in [0, 0.05) is 13.2 Å². The molecule has 0 bridgehead atoms. The summed E-state index contributed by atoms with van der Waals surface area (Å²) >= 11 is 0. The smallest absolute Gasteiger partial charge is 0.0559 e. The first-order valence-electron chi connectivity index (χ1n) is 5.53. The molecule has 14 heavy (non-hydrogen) atoms. The number of anilines is 1. The Hall–Kier alpha value is -1.05. The highest BCUT2D eigenvalue weighted by molar-refractivity contribution is 5.50. The van der Waals surface area contributed by atoms with E-state index in [1.165, 1.54) is 43.4 Å². The van der Waals surface area contributed by atoms with Gasteiger partial charge >= 0.3 is 0 Å². The molecule has 0 spiro atoms. The van der Waals surface area contributed by atoms with Crippen LogP contribution in [0.5, 0.6) is 0 Å². The molecule has 1 aliphatic rings. The van der Waals surface area contributed by atoms with Crippen molar-refractivity contribution in [1.82, 2.24) is 4.98 Å². The lowest BCUT2D eigenvalue weighted by Crippen LogP contribution is -2.07. The van der Waals surface area contributed by atoms with E-state index in [2.05, 4.69) is 16.4 Å². The van der Waals surface area contributed by atoms with E-state index in [-0.39, 0.29) is 0 Å². The van der Waals surface area contributed by atoms with Gasteiger partial charge in [0.2, 0.25) is 0 Å². The van der Waals surface area contributed by atoms with Gasteiger partial charge < -0.3 is 5.32 Å². The third kappa shape index (κ3) is 1.89. The van der Waals surface area contributed by atoms with Crippen LogP contribution >= 0.6 is 0 Å². The Morgan fingerprint density at radius 3 is 2.79 bits per heavy atom. The van der Waals surface area contributed by atoms with E-state index < -0.39 is 0 Å². The Morgan fingerprint density at radius 2 is 2.07 bits per heavy atom. The van der Waals surface area contributed by atoms with Gasteiger partial charge in [-0.25, -0.2) is 0 Å². The molecular weight excluding hydrogens is 172 g/mol. The minimum Gasteiger partial charge on any atom is -0.387 e. The summed E-state index contributed by atoms with van der Waals surface area (Å²) in [4.78, 5) is 4.15. The molecule has 0 unspecified atom stereocenters. The van der Waals surface area contributed by atoms with Crippen LogP contribution in [0.4, 0.5) is 5.69 Å². The van der Waals surface area contributed by atoms with Gasteiger partial charge in [0.25, 0.3) is 0 Å². The first-order valence-corrected chi connectivity index (χ1v) is 5.53. The normalized spacial score (nSPS) is 18.1. The average Bonchev–Trinajstić information content (AvgIpc) is 2.30. The van der Waals surface area contributed by atoms with Crippen molar-refractivity contribution in [2.75, 3.05) is 12.4 Å². The number of pyridine rings is 1. The molecule has 0 aromatic carbocycles. The average molecular weight is 190 g/mol. The predicted molar refractivity (Wildman–Crippen MR) is 59.6 cm³/mol. The second-order valence-electron chi connectivity index (χ2n) is 4.05. The molecule has 1 aromatic rings. The van der Waals surface area contributed by atoms with Crippen LogP contribution in [-0.4, -0.2) is 12.0 Å². The number of hydrogen-bond acceptors (Lipinski definition) is 2. The SMILES string of the molecule is CNc1cnccc1C1CCCCC1. The van der Waals surface area contributed by atoms with Crippen LogP contribution in [0.25, 0.3) is 0 Å². The number of nitrogens with zero attached hydrogens (tertiary/aromatic N) is 1. The number of nitrogens with one attached hydrogen (secondary N) is 1. The fourth-order valence-electron chi connectivity index (χ4n) is 2.38. The maximum atomic E-state index is 4.15. The summed E-state index contributed by atoms with van der Waals surface area (Å²) in [5.41, 5.74) is 2.67. The zero-order valence-corrected chi connectivity index (χ0v) is 8.79. The molecule has 2 heteroatoms. The monoisotopic (exact) mass is 190 g/mol. The van der Waals surface area contributed by atoms with Crippen molar-refractivity contribution in [3.8, 4) is 0 Å². The van der Waals surface area contributed by atoms with Crippen molar-refractivity contribution in [2.45, 2.75) is 38.0 Å². The maximum Gasteiger partial charge on any atom is 0.0559 e. The van der Waals surface area contributed by atoms with Crippen molar-refractivity contribution in [1.29, 1.82) is 0 Å². The molecule has 1 aliphatic carbocycles. The van der Waals surface area contributed by atoms with Crippen molar-refractivity contribution >= 4 is 5.69 Å². The molecule has 1 fully saturated rings. The van der Waals surface area contributed by atoms with Gasteiger partial charge in [0.15, 0.2) is 0 Å². The fraction of sp³-hybridized carbons (Fsp3) is 0.583. The van der Waals surface area contributed by atoms with E-state index in [0.29, 0.717) is 0 Å². The van der Waals surface area contributed by atoms with Gasteiger partial charge in [-0.3, -0.25) is 4.98 Å². The number of rotatable bonds is 2. The minimum atomic E-state index is 0.759. The Kier molecular flexibility index (Phi) is 3.02. The summed E-state index contributed by atoms with van der Waals surface area (Å²) in [6.45, 7) is 0. The van der Waals surface area contributed by atoms with Crippen LogP contribution in [0.15, 0.2) is 18.5 Å². The van der Waals surface area contributed by atoms with Gasteiger partial charge in [0.05, 0.1) is 11.9 Å². The topological polar surface area (TPSA) is 24.9 Å². The van der Waals surface area contributed by atoms with Crippen LogP contribution in [0.2, 0.25) is 0 Å². The minimum absolute atomic E-state index is 0.759. The number of hydrogen-bond donors (Lipinski definition) is 1. The molecular formula is C12H18N2. The van der Waals surface area contributed by atoms with Crippen molar-refractivity contribution < 1.29 is 0 Å². The van der Waals surface area contributed by atoms with Crippen LogP contribution in [-0.2, 0) is 0 Å². The Balaban J connectivity index is 2.20. The third-order valence-corrected chi connectivity index (χ3v) is 3.17.